The van der Waals surface area contributed by atoms with Crippen LogP contribution in [0.15, 0.2) is 48.7 Å². The third-order valence-corrected chi connectivity index (χ3v) is 2.86. The first-order valence-corrected chi connectivity index (χ1v) is 5.70. The van der Waals surface area contributed by atoms with Crippen molar-refractivity contribution in [3.05, 3.63) is 60.0 Å². The average Bonchev–Trinajstić information content (AvgIpc) is 2.42. The molecule has 1 aromatic heterocycles. The second kappa shape index (κ2) is 5.14. The van der Waals surface area contributed by atoms with Crippen LogP contribution in [0.4, 0.5) is 10.2 Å². The maximum absolute atomic E-state index is 12.8. The lowest BCUT2D eigenvalue weighted by molar-refractivity contribution is 0.223. The summed E-state index contributed by atoms with van der Waals surface area (Å²) in [5.41, 5.74) is 0.296. The molecule has 1 aromatic carbocycles. The zero-order valence-corrected chi connectivity index (χ0v) is 10.1. The molecule has 1 atom stereocenters. The highest BCUT2D eigenvalue weighted by Gasteiger charge is 2.25. The molecule has 4 heteroatoms. The molecule has 3 nitrogen and oxygen atoms in total. The molecule has 2 N–H and O–H groups in total. The molecule has 0 amide bonds. The van der Waals surface area contributed by atoms with Crippen LogP contribution in [0.5, 0.6) is 0 Å². The minimum atomic E-state index is -0.647. The van der Waals surface area contributed by atoms with Crippen LogP contribution in [-0.4, -0.2) is 16.7 Å². The molecule has 2 aromatic rings. The van der Waals surface area contributed by atoms with Crippen molar-refractivity contribution in [1.82, 2.24) is 4.98 Å². The molecular weight excluding hydrogens is 231 g/mol. The fourth-order valence-corrected chi connectivity index (χ4v) is 1.74. The Hall–Kier alpha value is -1.94. The zero-order chi connectivity index (χ0) is 13.0. The number of benzene rings is 1. The van der Waals surface area contributed by atoms with Crippen molar-refractivity contribution in [1.29, 1.82) is 0 Å². The molecule has 0 saturated carbocycles. The number of aromatic nitrogens is 1. The van der Waals surface area contributed by atoms with Gasteiger partial charge < -0.3 is 10.4 Å². The van der Waals surface area contributed by atoms with Gasteiger partial charge in [0, 0.05) is 0 Å². The van der Waals surface area contributed by atoms with Crippen LogP contribution in [0, 0.1) is 5.82 Å². The molecular formula is C14H15FN2O. The first-order chi connectivity index (χ1) is 8.64. The minimum Gasteiger partial charge on any atom is -0.394 e. The van der Waals surface area contributed by atoms with Crippen LogP contribution < -0.4 is 5.32 Å². The predicted molar refractivity (Wildman–Crippen MR) is 68.7 cm³/mol. The SMILES string of the molecule is CC(CO)(Nc1ccc(F)cn1)c1ccccc1. The summed E-state index contributed by atoms with van der Waals surface area (Å²) in [7, 11) is 0. The molecule has 1 unspecified atom stereocenters. The van der Waals surface area contributed by atoms with Crippen molar-refractivity contribution in [3.63, 3.8) is 0 Å². The summed E-state index contributed by atoms with van der Waals surface area (Å²) in [5, 5.41) is 12.7. The van der Waals surface area contributed by atoms with E-state index in [4.69, 9.17) is 0 Å². The van der Waals surface area contributed by atoms with E-state index in [2.05, 4.69) is 10.3 Å². The Kier molecular flexibility index (Phi) is 3.58. The summed E-state index contributed by atoms with van der Waals surface area (Å²) in [4.78, 5) is 3.94. The normalized spacial score (nSPS) is 13.9. The fraction of sp³-hybridized carbons (Fsp3) is 0.214. The summed E-state index contributed by atoms with van der Waals surface area (Å²) in [5.74, 6) is 0.141. The van der Waals surface area contributed by atoms with Gasteiger partial charge in [-0.25, -0.2) is 9.37 Å². The quantitative estimate of drug-likeness (QED) is 0.871. The van der Waals surface area contributed by atoms with Crippen LogP contribution in [0.25, 0.3) is 0 Å². The zero-order valence-electron chi connectivity index (χ0n) is 10.1. The van der Waals surface area contributed by atoms with Crippen molar-refractivity contribution in [3.8, 4) is 0 Å². The number of rotatable bonds is 4. The number of nitrogens with one attached hydrogen (secondary N) is 1. The molecule has 0 aliphatic heterocycles. The first-order valence-electron chi connectivity index (χ1n) is 5.70. The Bertz CT molecular complexity index is 501. The lowest BCUT2D eigenvalue weighted by Gasteiger charge is -2.29. The Labute approximate surface area is 105 Å². The Morgan fingerprint density at radius 2 is 1.94 bits per heavy atom. The smallest absolute Gasteiger partial charge is 0.141 e. The van der Waals surface area contributed by atoms with Crippen molar-refractivity contribution >= 4 is 5.82 Å². The van der Waals surface area contributed by atoms with E-state index in [0.29, 0.717) is 5.82 Å². The minimum absolute atomic E-state index is 0.0872. The summed E-state index contributed by atoms with van der Waals surface area (Å²) < 4.78 is 12.8. The number of anilines is 1. The number of nitrogens with zero attached hydrogens (tertiary/aromatic N) is 1. The number of hydrogen-bond donors (Lipinski definition) is 2. The topological polar surface area (TPSA) is 45.1 Å². The monoisotopic (exact) mass is 246 g/mol. The van der Waals surface area contributed by atoms with Gasteiger partial charge in [0.25, 0.3) is 0 Å². The number of aliphatic hydroxyl groups is 1. The van der Waals surface area contributed by atoms with Crippen LogP contribution in [-0.2, 0) is 5.54 Å². The Morgan fingerprint density at radius 1 is 1.22 bits per heavy atom. The van der Waals surface area contributed by atoms with Gasteiger partial charge >= 0.3 is 0 Å². The fourth-order valence-electron chi connectivity index (χ4n) is 1.74. The van der Waals surface area contributed by atoms with Gasteiger partial charge in [-0.15, -0.1) is 0 Å². The van der Waals surface area contributed by atoms with Crippen LogP contribution in [0.2, 0.25) is 0 Å². The molecule has 0 aliphatic carbocycles. The van der Waals surface area contributed by atoms with Crippen molar-refractivity contribution in [2.45, 2.75) is 12.5 Å². The summed E-state index contributed by atoms with van der Waals surface area (Å²) in [6.45, 7) is 1.78. The van der Waals surface area contributed by atoms with E-state index >= 15 is 0 Å². The van der Waals surface area contributed by atoms with Gasteiger partial charge in [-0.2, -0.15) is 0 Å². The summed E-state index contributed by atoms with van der Waals surface area (Å²) in [6.07, 6.45) is 1.14. The van der Waals surface area contributed by atoms with Gasteiger partial charge in [-0.3, -0.25) is 0 Å². The average molecular weight is 246 g/mol. The van der Waals surface area contributed by atoms with Gasteiger partial charge in [-0.05, 0) is 24.6 Å². The predicted octanol–water partition coefficient (Wildman–Crippen LogP) is 2.54. The lowest BCUT2D eigenvalue weighted by atomic mass is 9.93. The lowest BCUT2D eigenvalue weighted by Crippen LogP contribution is -2.36. The summed E-state index contributed by atoms with van der Waals surface area (Å²) in [6, 6.07) is 12.5. The third kappa shape index (κ3) is 2.65. The number of aliphatic hydroxyl groups excluding tert-OH is 1. The molecule has 18 heavy (non-hydrogen) atoms. The molecule has 1 heterocycles. The van der Waals surface area contributed by atoms with Gasteiger partial charge in [0.2, 0.25) is 0 Å². The highest BCUT2D eigenvalue weighted by Crippen LogP contribution is 2.24. The molecule has 2 rings (SSSR count). The summed E-state index contributed by atoms with van der Waals surface area (Å²) >= 11 is 0. The second-order valence-electron chi connectivity index (χ2n) is 4.34. The van der Waals surface area contributed by atoms with E-state index < -0.39 is 5.54 Å². The van der Waals surface area contributed by atoms with E-state index in [-0.39, 0.29) is 12.4 Å². The van der Waals surface area contributed by atoms with Crippen LogP contribution in [0.1, 0.15) is 12.5 Å². The van der Waals surface area contributed by atoms with Gasteiger partial charge in [0.1, 0.15) is 11.6 Å². The molecule has 0 aliphatic rings. The van der Waals surface area contributed by atoms with Crippen LogP contribution >= 0.6 is 0 Å². The number of pyridine rings is 1. The van der Waals surface area contributed by atoms with Gasteiger partial charge in [0.05, 0.1) is 18.3 Å². The first kappa shape index (κ1) is 12.5. The van der Waals surface area contributed by atoms with E-state index in [1.165, 1.54) is 6.07 Å². The van der Waals surface area contributed by atoms with Crippen molar-refractivity contribution in [2.75, 3.05) is 11.9 Å². The Balaban J connectivity index is 2.26. The molecule has 0 bridgehead atoms. The van der Waals surface area contributed by atoms with Crippen LogP contribution in [0.3, 0.4) is 0 Å². The van der Waals surface area contributed by atoms with Crippen molar-refractivity contribution in [2.24, 2.45) is 0 Å². The van der Waals surface area contributed by atoms with E-state index in [1.807, 2.05) is 37.3 Å². The maximum Gasteiger partial charge on any atom is 0.141 e. The van der Waals surface area contributed by atoms with E-state index in [0.717, 1.165) is 11.8 Å². The van der Waals surface area contributed by atoms with Crippen molar-refractivity contribution < 1.29 is 9.50 Å². The molecule has 94 valence electrons. The molecule has 0 radical (unpaired) electrons. The molecule has 0 saturated heterocycles. The standard InChI is InChI=1S/C14H15FN2O/c1-14(10-18,11-5-3-2-4-6-11)17-13-8-7-12(15)9-16-13/h2-9,18H,10H2,1H3,(H,16,17). The Morgan fingerprint density at radius 3 is 2.50 bits per heavy atom. The number of halogens is 1. The second-order valence-corrected chi connectivity index (χ2v) is 4.34. The van der Waals surface area contributed by atoms with E-state index in [1.54, 1.807) is 6.07 Å². The molecule has 0 fully saturated rings. The molecule has 0 spiro atoms. The van der Waals surface area contributed by atoms with Gasteiger partial charge in [0.15, 0.2) is 0 Å². The highest BCUT2D eigenvalue weighted by atomic mass is 19.1. The largest absolute Gasteiger partial charge is 0.394 e. The van der Waals surface area contributed by atoms with Gasteiger partial charge in [-0.1, -0.05) is 30.3 Å². The number of hydrogen-bond acceptors (Lipinski definition) is 3. The third-order valence-electron chi connectivity index (χ3n) is 2.86. The van der Waals surface area contributed by atoms with E-state index in [9.17, 15) is 9.50 Å². The highest BCUT2D eigenvalue weighted by molar-refractivity contribution is 5.41. The maximum atomic E-state index is 12.8.